The van der Waals surface area contributed by atoms with E-state index in [2.05, 4.69) is 20.6 Å². The molecule has 0 aromatic carbocycles. The molecule has 2 atom stereocenters. The fourth-order valence-corrected chi connectivity index (χ4v) is 5.06. The minimum atomic E-state index is -4.65. The summed E-state index contributed by atoms with van der Waals surface area (Å²) in [6, 6.07) is -0.327. The minimum Gasteiger partial charge on any atom is -0.317 e. The highest BCUT2D eigenvalue weighted by Gasteiger charge is 2.53. The molecule has 2 aliphatic rings. The van der Waals surface area contributed by atoms with E-state index in [4.69, 9.17) is 0 Å². The average Bonchev–Trinajstić information content (AvgIpc) is 3.02. The molecule has 2 aromatic heterocycles. The Balaban J connectivity index is 1.74. The van der Waals surface area contributed by atoms with Gasteiger partial charge in [0, 0.05) is 31.2 Å². The maximum Gasteiger partial charge on any atom is 0.417 e. The summed E-state index contributed by atoms with van der Waals surface area (Å²) >= 11 is 0. The summed E-state index contributed by atoms with van der Waals surface area (Å²) < 4.78 is 40.7. The smallest absolute Gasteiger partial charge is 0.317 e. The van der Waals surface area contributed by atoms with Crippen LogP contribution in [0.1, 0.15) is 43.5 Å². The first kappa shape index (κ1) is 22.3. The van der Waals surface area contributed by atoms with Crippen molar-refractivity contribution in [1.29, 1.82) is 0 Å². The van der Waals surface area contributed by atoms with Gasteiger partial charge in [-0.25, -0.2) is 4.79 Å². The van der Waals surface area contributed by atoms with Crippen molar-refractivity contribution in [3.8, 4) is 0 Å². The lowest BCUT2D eigenvalue weighted by Gasteiger charge is -2.43. The van der Waals surface area contributed by atoms with Gasteiger partial charge < -0.3 is 20.1 Å². The van der Waals surface area contributed by atoms with E-state index in [0.717, 1.165) is 24.1 Å². The minimum absolute atomic E-state index is 0.0555. The molecule has 2 N–H and O–H groups in total. The molecular formula is C21H25F3N6O2. The van der Waals surface area contributed by atoms with Gasteiger partial charge in [0.25, 0.3) is 5.56 Å². The summed E-state index contributed by atoms with van der Waals surface area (Å²) in [4.78, 5) is 36.3. The summed E-state index contributed by atoms with van der Waals surface area (Å²) in [6.07, 6.45) is 2.88. The van der Waals surface area contributed by atoms with E-state index in [9.17, 15) is 22.8 Å². The van der Waals surface area contributed by atoms with Gasteiger partial charge in [-0.3, -0.25) is 14.8 Å². The Bertz CT molecular complexity index is 1050. The van der Waals surface area contributed by atoms with E-state index in [-0.39, 0.29) is 5.92 Å². The number of aromatic nitrogens is 3. The normalized spacial score (nSPS) is 22.8. The topological polar surface area (TPSA) is 92.2 Å². The van der Waals surface area contributed by atoms with E-state index in [0.29, 0.717) is 30.8 Å². The van der Waals surface area contributed by atoms with Crippen LogP contribution in [-0.4, -0.2) is 44.1 Å². The number of piperidine rings is 1. The van der Waals surface area contributed by atoms with Crippen molar-refractivity contribution in [3.63, 3.8) is 0 Å². The molecular weight excluding hydrogens is 425 g/mol. The number of hydrogen-bond acceptors (Lipinski definition) is 5. The lowest BCUT2D eigenvalue weighted by molar-refractivity contribution is -0.138. The van der Waals surface area contributed by atoms with Crippen molar-refractivity contribution >= 4 is 11.7 Å². The summed E-state index contributed by atoms with van der Waals surface area (Å²) in [5.74, 6) is 0.0555. The fraction of sp³-hybridized carbons (Fsp3) is 0.524. The van der Waals surface area contributed by atoms with Gasteiger partial charge in [0.1, 0.15) is 5.69 Å². The van der Waals surface area contributed by atoms with Crippen LogP contribution in [0, 0.1) is 5.92 Å². The van der Waals surface area contributed by atoms with Crippen LogP contribution in [0.2, 0.25) is 0 Å². The van der Waals surface area contributed by atoms with Gasteiger partial charge in [0.05, 0.1) is 23.5 Å². The Morgan fingerprint density at radius 3 is 2.62 bits per heavy atom. The molecule has 2 amide bonds. The molecule has 2 fully saturated rings. The van der Waals surface area contributed by atoms with Crippen LogP contribution < -0.4 is 16.2 Å². The number of aryl methyl sites for hydroxylation is 1. The van der Waals surface area contributed by atoms with Crippen LogP contribution in [0.4, 0.5) is 23.7 Å². The molecule has 2 saturated heterocycles. The molecule has 1 spiro atoms. The van der Waals surface area contributed by atoms with Gasteiger partial charge in [-0.2, -0.15) is 13.2 Å². The molecule has 0 aliphatic carbocycles. The number of likely N-dealkylation sites (tertiary alicyclic amines) is 1. The number of amides is 2. The number of carbonyl (C=O) groups is 1. The van der Waals surface area contributed by atoms with Crippen molar-refractivity contribution in [2.45, 2.75) is 43.9 Å². The average molecular weight is 450 g/mol. The van der Waals surface area contributed by atoms with Crippen LogP contribution in [-0.2, 0) is 13.2 Å². The van der Waals surface area contributed by atoms with Crippen molar-refractivity contribution in [2.24, 2.45) is 13.0 Å². The van der Waals surface area contributed by atoms with Crippen molar-refractivity contribution in [2.75, 3.05) is 18.4 Å². The van der Waals surface area contributed by atoms with Crippen LogP contribution >= 0.6 is 0 Å². The molecule has 4 heterocycles. The first-order valence-corrected chi connectivity index (χ1v) is 10.5. The molecule has 11 heteroatoms. The predicted octanol–water partition coefficient (Wildman–Crippen LogP) is 2.93. The monoisotopic (exact) mass is 450 g/mol. The van der Waals surface area contributed by atoms with E-state index in [1.54, 1.807) is 23.5 Å². The Kier molecular flexibility index (Phi) is 5.70. The standard InChI is InChI=1S/C21H25F3N6O2/c1-13-10-20(3-5-25-6-4-20)30(17(13)16-11-26-7-8-27-16)19(32)28-15-9-14(21(22,23)24)12-29(2)18(15)31/h7-9,11-13,17,25H,3-6,10H2,1-2H3,(H,28,32). The van der Waals surface area contributed by atoms with Gasteiger partial charge in [-0.15, -0.1) is 0 Å². The second-order valence-electron chi connectivity index (χ2n) is 8.59. The number of halogens is 3. The Morgan fingerprint density at radius 2 is 2.00 bits per heavy atom. The second kappa shape index (κ2) is 8.19. The number of anilines is 1. The fourth-order valence-electron chi connectivity index (χ4n) is 5.06. The van der Waals surface area contributed by atoms with E-state index in [1.165, 1.54) is 7.05 Å². The third-order valence-corrected chi connectivity index (χ3v) is 6.42. The van der Waals surface area contributed by atoms with Gasteiger partial charge in [-0.1, -0.05) is 6.92 Å². The molecule has 32 heavy (non-hydrogen) atoms. The first-order valence-electron chi connectivity index (χ1n) is 10.5. The summed E-state index contributed by atoms with van der Waals surface area (Å²) in [6.45, 7) is 3.46. The molecule has 172 valence electrons. The summed E-state index contributed by atoms with van der Waals surface area (Å²) in [5.41, 5.74) is -2.00. The number of alkyl halides is 3. The van der Waals surface area contributed by atoms with Crippen LogP contribution in [0.5, 0.6) is 0 Å². The number of pyridine rings is 1. The molecule has 0 bridgehead atoms. The zero-order chi connectivity index (χ0) is 23.1. The van der Waals surface area contributed by atoms with E-state index >= 15 is 0 Å². The second-order valence-corrected chi connectivity index (χ2v) is 8.59. The lowest BCUT2D eigenvalue weighted by Crippen LogP contribution is -2.55. The predicted molar refractivity (Wildman–Crippen MR) is 111 cm³/mol. The molecule has 2 unspecified atom stereocenters. The molecule has 2 aliphatic heterocycles. The van der Waals surface area contributed by atoms with Crippen molar-refractivity contribution in [3.05, 3.63) is 52.5 Å². The van der Waals surface area contributed by atoms with E-state index in [1.807, 2.05) is 6.92 Å². The summed E-state index contributed by atoms with van der Waals surface area (Å²) in [7, 11) is 1.22. The highest BCUT2D eigenvalue weighted by atomic mass is 19.4. The molecule has 4 rings (SSSR count). The van der Waals surface area contributed by atoms with Gasteiger partial charge >= 0.3 is 12.2 Å². The number of rotatable bonds is 2. The highest BCUT2D eigenvalue weighted by molar-refractivity contribution is 5.90. The number of urea groups is 1. The number of nitrogens with zero attached hydrogens (tertiary/aromatic N) is 4. The van der Waals surface area contributed by atoms with Gasteiger partial charge in [0.15, 0.2) is 0 Å². The number of hydrogen-bond donors (Lipinski definition) is 2. The van der Waals surface area contributed by atoms with Crippen molar-refractivity contribution < 1.29 is 18.0 Å². The largest absolute Gasteiger partial charge is 0.417 e. The Morgan fingerprint density at radius 1 is 1.28 bits per heavy atom. The third-order valence-electron chi connectivity index (χ3n) is 6.42. The van der Waals surface area contributed by atoms with Crippen LogP contribution in [0.3, 0.4) is 0 Å². The summed E-state index contributed by atoms with van der Waals surface area (Å²) in [5, 5.41) is 5.77. The zero-order valence-electron chi connectivity index (χ0n) is 17.8. The molecule has 8 nitrogen and oxygen atoms in total. The maximum atomic E-state index is 13.6. The Labute approximate surface area is 182 Å². The molecule has 0 saturated carbocycles. The number of carbonyl (C=O) groups excluding carboxylic acids is 1. The maximum absolute atomic E-state index is 13.6. The van der Waals surface area contributed by atoms with Gasteiger partial charge in [-0.05, 0) is 44.3 Å². The highest BCUT2D eigenvalue weighted by Crippen LogP contribution is 2.50. The van der Waals surface area contributed by atoms with Crippen molar-refractivity contribution in [1.82, 2.24) is 24.8 Å². The lowest BCUT2D eigenvalue weighted by atomic mass is 9.83. The number of nitrogens with one attached hydrogen (secondary N) is 2. The van der Waals surface area contributed by atoms with E-state index < -0.39 is 40.6 Å². The van der Waals surface area contributed by atoms with Crippen LogP contribution in [0.25, 0.3) is 0 Å². The SMILES string of the molecule is CC1CC2(CCNCC2)N(C(=O)Nc2cc(C(F)(F)F)cn(C)c2=O)C1c1cnccn1. The molecule has 2 aromatic rings. The zero-order valence-corrected chi connectivity index (χ0v) is 17.8. The Hall–Kier alpha value is -2.95. The quantitative estimate of drug-likeness (QED) is 0.734. The molecule has 0 radical (unpaired) electrons. The van der Waals surface area contributed by atoms with Crippen LogP contribution in [0.15, 0.2) is 35.6 Å². The third kappa shape index (κ3) is 3.96. The first-order chi connectivity index (χ1) is 15.1. The van der Waals surface area contributed by atoms with Gasteiger partial charge in [0.2, 0.25) is 0 Å².